The molecule has 1 rings (SSSR count). The molecule has 0 fully saturated rings. The first-order chi connectivity index (χ1) is 8.27. The lowest BCUT2D eigenvalue weighted by Gasteiger charge is -2.37. The zero-order chi connectivity index (χ0) is 13.9. The van der Waals surface area contributed by atoms with Crippen LogP contribution in [0.5, 0.6) is 0 Å². The molecule has 0 saturated carbocycles. The van der Waals surface area contributed by atoms with Gasteiger partial charge in [-0.2, -0.15) is 0 Å². The van der Waals surface area contributed by atoms with E-state index in [-0.39, 0.29) is 0 Å². The Bertz CT molecular complexity index is 324. The molecule has 104 valence electrons. The molecule has 1 heterocycles. The van der Waals surface area contributed by atoms with Crippen molar-refractivity contribution in [1.82, 2.24) is 0 Å². The third-order valence-electron chi connectivity index (χ3n) is 2.70. The second-order valence-electron chi connectivity index (χ2n) is 4.08. The standard InChI is InChI=1S/C9H13Cl5N4/c1-2-3-4-5-6-7(15-17-18-16-7)8(10,11)9(12,13)14/h2-6H2,1H3. The van der Waals surface area contributed by atoms with Crippen molar-refractivity contribution in [1.29, 1.82) is 0 Å². The second kappa shape index (κ2) is 6.40. The quantitative estimate of drug-likeness (QED) is 0.413. The van der Waals surface area contributed by atoms with E-state index in [2.05, 4.69) is 27.6 Å². The Hall–Kier alpha value is 0.650. The van der Waals surface area contributed by atoms with Crippen LogP contribution in [0.3, 0.4) is 0 Å². The summed E-state index contributed by atoms with van der Waals surface area (Å²) in [5.74, 6) is 0. The van der Waals surface area contributed by atoms with Gasteiger partial charge < -0.3 is 0 Å². The monoisotopic (exact) mass is 352 g/mol. The fourth-order valence-corrected chi connectivity index (χ4v) is 2.41. The Morgan fingerprint density at radius 2 is 1.44 bits per heavy atom. The molecule has 1 aliphatic heterocycles. The Labute approximate surface area is 131 Å². The highest BCUT2D eigenvalue weighted by atomic mass is 35.6. The van der Waals surface area contributed by atoms with Gasteiger partial charge in [0.05, 0.1) is 0 Å². The first-order valence-corrected chi connectivity index (χ1v) is 7.44. The molecular weight excluding hydrogens is 341 g/mol. The highest BCUT2D eigenvalue weighted by Crippen LogP contribution is 2.56. The predicted molar refractivity (Wildman–Crippen MR) is 75.9 cm³/mol. The third kappa shape index (κ3) is 3.40. The molecule has 0 aromatic rings. The fourth-order valence-electron chi connectivity index (χ4n) is 1.62. The highest BCUT2D eigenvalue weighted by molar-refractivity contribution is 6.75. The Kier molecular flexibility index (Phi) is 5.94. The maximum absolute atomic E-state index is 6.15. The van der Waals surface area contributed by atoms with Crippen LogP contribution < -0.4 is 0 Å². The van der Waals surface area contributed by atoms with Gasteiger partial charge >= 0.3 is 0 Å². The summed E-state index contributed by atoms with van der Waals surface area (Å²) in [4.78, 5) is 0. The number of alkyl halides is 5. The molecule has 0 amide bonds. The van der Waals surface area contributed by atoms with Gasteiger partial charge in [-0.1, -0.05) is 84.2 Å². The van der Waals surface area contributed by atoms with Gasteiger partial charge in [-0.05, 0) is 23.3 Å². The average molecular weight is 354 g/mol. The Morgan fingerprint density at radius 1 is 0.889 bits per heavy atom. The van der Waals surface area contributed by atoms with Gasteiger partial charge in [-0.15, -0.1) is 10.2 Å². The normalized spacial score (nSPS) is 18.6. The zero-order valence-corrected chi connectivity index (χ0v) is 13.5. The molecular formula is C9H13Cl5N4. The minimum Gasteiger partial charge on any atom is -0.131 e. The van der Waals surface area contributed by atoms with Crippen molar-refractivity contribution in [3.05, 3.63) is 0 Å². The predicted octanol–water partition coefficient (Wildman–Crippen LogP) is 6.03. The lowest BCUT2D eigenvalue weighted by atomic mass is 9.99. The first-order valence-electron chi connectivity index (χ1n) is 5.55. The Balaban J connectivity index is 2.82. The van der Waals surface area contributed by atoms with Gasteiger partial charge in [0.15, 0.2) is 0 Å². The number of halogens is 5. The first kappa shape index (κ1) is 16.7. The minimum atomic E-state index is -1.94. The van der Waals surface area contributed by atoms with E-state index in [1.54, 1.807) is 0 Å². The molecule has 0 bridgehead atoms. The van der Waals surface area contributed by atoms with Gasteiger partial charge in [0.25, 0.3) is 0 Å². The lowest BCUT2D eigenvalue weighted by Crippen LogP contribution is -2.50. The van der Waals surface area contributed by atoms with Crippen LogP contribution in [0.1, 0.15) is 39.0 Å². The molecule has 0 aliphatic carbocycles. The highest BCUT2D eigenvalue weighted by Gasteiger charge is 2.63. The number of hydrogen-bond donors (Lipinski definition) is 0. The van der Waals surface area contributed by atoms with Gasteiger partial charge in [-0.25, -0.2) is 0 Å². The van der Waals surface area contributed by atoms with Crippen molar-refractivity contribution in [2.75, 3.05) is 0 Å². The van der Waals surface area contributed by atoms with E-state index in [4.69, 9.17) is 58.0 Å². The van der Waals surface area contributed by atoms with Crippen LogP contribution in [0, 0.1) is 0 Å². The van der Waals surface area contributed by atoms with Gasteiger partial charge in [0.2, 0.25) is 13.8 Å². The smallest absolute Gasteiger partial charge is 0.131 e. The molecule has 0 saturated heterocycles. The number of rotatable bonds is 6. The summed E-state index contributed by atoms with van der Waals surface area (Å²) in [5, 5.41) is 14.7. The summed E-state index contributed by atoms with van der Waals surface area (Å²) in [6.45, 7) is 2.11. The van der Waals surface area contributed by atoms with Crippen molar-refractivity contribution >= 4 is 58.0 Å². The summed E-state index contributed by atoms with van der Waals surface area (Å²) in [6.07, 6.45) is 4.42. The van der Waals surface area contributed by atoms with Crippen LogP contribution in [0.2, 0.25) is 0 Å². The summed E-state index contributed by atoms with van der Waals surface area (Å²) >= 11 is 29.7. The van der Waals surface area contributed by atoms with Crippen LogP contribution in [-0.2, 0) is 0 Å². The Morgan fingerprint density at radius 3 is 1.89 bits per heavy atom. The van der Waals surface area contributed by atoms with E-state index in [1.807, 2.05) is 0 Å². The average Bonchev–Trinajstić information content (AvgIpc) is 2.73. The molecule has 0 spiro atoms. The fraction of sp³-hybridized carbons (Fsp3) is 1.00. The van der Waals surface area contributed by atoms with Crippen LogP contribution in [0.4, 0.5) is 0 Å². The number of hydrogen-bond acceptors (Lipinski definition) is 4. The maximum atomic E-state index is 6.15. The maximum Gasteiger partial charge on any atom is 0.232 e. The van der Waals surface area contributed by atoms with E-state index in [1.165, 1.54) is 0 Å². The van der Waals surface area contributed by atoms with E-state index in [0.29, 0.717) is 6.42 Å². The molecule has 18 heavy (non-hydrogen) atoms. The van der Waals surface area contributed by atoms with Gasteiger partial charge in [0, 0.05) is 0 Å². The third-order valence-corrected chi connectivity index (χ3v) is 5.30. The van der Waals surface area contributed by atoms with E-state index >= 15 is 0 Å². The van der Waals surface area contributed by atoms with Crippen molar-refractivity contribution in [3.8, 4) is 0 Å². The van der Waals surface area contributed by atoms with E-state index in [0.717, 1.165) is 25.7 Å². The molecule has 0 aromatic carbocycles. The number of nitrogens with zero attached hydrogens (tertiary/aromatic N) is 4. The van der Waals surface area contributed by atoms with Gasteiger partial charge in [-0.3, -0.25) is 0 Å². The van der Waals surface area contributed by atoms with E-state index in [9.17, 15) is 0 Å². The largest absolute Gasteiger partial charge is 0.232 e. The number of unbranched alkanes of at least 4 members (excludes halogenated alkanes) is 3. The molecule has 4 nitrogen and oxygen atoms in total. The summed E-state index contributed by atoms with van der Waals surface area (Å²) < 4.78 is -3.76. The summed E-state index contributed by atoms with van der Waals surface area (Å²) in [6, 6.07) is 0. The molecule has 9 heteroatoms. The summed E-state index contributed by atoms with van der Waals surface area (Å²) in [5.41, 5.74) is -1.32. The van der Waals surface area contributed by atoms with Crippen molar-refractivity contribution in [3.63, 3.8) is 0 Å². The van der Waals surface area contributed by atoms with Gasteiger partial charge in [0.1, 0.15) is 0 Å². The molecule has 0 atom stereocenters. The van der Waals surface area contributed by atoms with Crippen LogP contribution in [0.15, 0.2) is 20.7 Å². The molecule has 0 N–H and O–H groups in total. The van der Waals surface area contributed by atoms with Crippen molar-refractivity contribution in [2.45, 2.75) is 52.8 Å². The molecule has 0 radical (unpaired) electrons. The minimum absolute atomic E-state index is 0.431. The van der Waals surface area contributed by atoms with Crippen molar-refractivity contribution in [2.24, 2.45) is 20.7 Å². The SMILES string of the molecule is CCCCCCC1(C(Cl)(Cl)C(Cl)(Cl)Cl)N=NN=N1. The van der Waals surface area contributed by atoms with Crippen molar-refractivity contribution < 1.29 is 0 Å². The molecule has 0 unspecified atom stereocenters. The van der Waals surface area contributed by atoms with E-state index < -0.39 is 13.8 Å². The summed E-state index contributed by atoms with van der Waals surface area (Å²) in [7, 11) is 0. The molecule has 1 aliphatic rings. The van der Waals surface area contributed by atoms with Crippen LogP contribution >= 0.6 is 58.0 Å². The second-order valence-corrected chi connectivity index (χ2v) is 7.69. The van der Waals surface area contributed by atoms with Crippen LogP contribution in [0.25, 0.3) is 0 Å². The molecule has 0 aromatic heterocycles. The lowest BCUT2D eigenvalue weighted by molar-refractivity contribution is 0.346. The zero-order valence-electron chi connectivity index (χ0n) is 9.71. The van der Waals surface area contributed by atoms with Crippen LogP contribution in [-0.4, -0.2) is 13.8 Å². The topological polar surface area (TPSA) is 49.4 Å².